The van der Waals surface area contributed by atoms with Crippen LogP contribution in [0.4, 0.5) is 24.0 Å². The molecule has 2 aromatic heterocycles. The highest BCUT2D eigenvalue weighted by Gasteiger charge is 2.37. The van der Waals surface area contributed by atoms with Gasteiger partial charge < -0.3 is 9.80 Å². The number of hydrogen-bond acceptors (Lipinski definition) is 8. The lowest BCUT2D eigenvalue weighted by Crippen LogP contribution is -2.49. The van der Waals surface area contributed by atoms with E-state index in [-0.39, 0.29) is 21.3 Å². The highest BCUT2D eigenvalue weighted by atomic mass is 32.1. The van der Waals surface area contributed by atoms with Crippen LogP contribution in [0.1, 0.15) is 20.8 Å². The second-order valence-electron chi connectivity index (χ2n) is 7.09. The Kier molecular flexibility index (Phi) is 5.63. The number of piperazine rings is 1. The third-order valence-electron chi connectivity index (χ3n) is 5.20. The van der Waals surface area contributed by atoms with Crippen LogP contribution in [0.3, 0.4) is 0 Å². The zero-order valence-electron chi connectivity index (χ0n) is 16.5. The predicted octanol–water partition coefficient (Wildman–Crippen LogP) is 3.92. The van der Waals surface area contributed by atoms with Gasteiger partial charge >= 0.3 is 6.18 Å². The van der Waals surface area contributed by atoms with Crippen molar-refractivity contribution in [2.24, 2.45) is 0 Å². The minimum atomic E-state index is -4.84. The summed E-state index contributed by atoms with van der Waals surface area (Å²) in [5.74, 6) is -0.106. The fourth-order valence-corrected chi connectivity index (χ4v) is 5.48. The van der Waals surface area contributed by atoms with Gasteiger partial charge in [-0.25, -0.2) is 0 Å². The van der Waals surface area contributed by atoms with Gasteiger partial charge in [0.2, 0.25) is 0 Å². The smallest absolute Gasteiger partial charge is 0.344 e. The van der Waals surface area contributed by atoms with Crippen LogP contribution in [0, 0.1) is 17.0 Å². The number of thiophene rings is 1. The Labute approximate surface area is 186 Å². The number of nitro benzene ring substituents is 1. The summed E-state index contributed by atoms with van der Waals surface area (Å²) in [4.78, 5) is 43.6. The summed E-state index contributed by atoms with van der Waals surface area (Å²) in [5, 5.41) is 13.1. The molecule has 168 valence electrons. The van der Waals surface area contributed by atoms with Crippen molar-refractivity contribution >= 4 is 49.5 Å². The molecule has 13 heteroatoms. The summed E-state index contributed by atoms with van der Waals surface area (Å²) in [5.41, 5.74) is -3.34. The van der Waals surface area contributed by atoms with Gasteiger partial charge in [0, 0.05) is 32.2 Å². The largest absolute Gasteiger partial charge is 0.416 e. The van der Waals surface area contributed by atoms with Gasteiger partial charge in [-0.1, -0.05) is 17.4 Å². The third-order valence-corrected chi connectivity index (χ3v) is 7.20. The van der Waals surface area contributed by atoms with Crippen LogP contribution in [0.15, 0.2) is 28.4 Å². The van der Waals surface area contributed by atoms with Crippen LogP contribution in [-0.2, 0) is 6.18 Å². The van der Waals surface area contributed by atoms with Crippen LogP contribution in [0.5, 0.6) is 0 Å². The molecule has 1 aliphatic heterocycles. The number of alkyl halides is 3. The Bertz CT molecular complexity index is 1270. The Hall–Kier alpha value is -3.06. The van der Waals surface area contributed by atoms with E-state index in [0.717, 1.165) is 18.3 Å². The lowest BCUT2D eigenvalue weighted by Gasteiger charge is -2.34. The number of fused-ring (bicyclic) bond motifs is 1. The van der Waals surface area contributed by atoms with Gasteiger partial charge in [-0.2, -0.15) is 18.2 Å². The highest BCUT2D eigenvalue weighted by Crippen LogP contribution is 2.41. The average Bonchev–Trinajstić information content (AvgIpc) is 3.27. The van der Waals surface area contributed by atoms with Gasteiger partial charge in [0.05, 0.1) is 20.8 Å². The Morgan fingerprint density at radius 3 is 2.50 bits per heavy atom. The molecule has 0 radical (unpaired) electrons. The number of aromatic nitrogens is 1. The number of anilines is 1. The van der Waals surface area contributed by atoms with Crippen molar-refractivity contribution in [1.82, 2.24) is 9.88 Å². The number of non-ortho nitro benzene ring substituents is 1. The molecule has 1 aromatic carbocycles. The number of benzene rings is 1. The van der Waals surface area contributed by atoms with Crippen molar-refractivity contribution in [3.63, 3.8) is 0 Å². The molecule has 0 spiro atoms. The molecule has 0 saturated carbocycles. The molecule has 32 heavy (non-hydrogen) atoms. The molecule has 3 aromatic rings. The zero-order valence-corrected chi connectivity index (χ0v) is 18.1. The number of hydrogen-bond donors (Lipinski definition) is 0. The van der Waals surface area contributed by atoms with E-state index in [9.17, 15) is 32.9 Å². The lowest BCUT2D eigenvalue weighted by molar-refractivity contribution is -0.383. The number of rotatable bonds is 3. The Balaban J connectivity index is 1.70. The first-order valence-corrected chi connectivity index (χ1v) is 11.1. The summed E-state index contributed by atoms with van der Waals surface area (Å²) in [6.07, 6.45) is -4.84. The molecule has 0 N–H and O–H groups in total. The number of aryl methyl sites for hydroxylation is 1. The van der Waals surface area contributed by atoms with Crippen molar-refractivity contribution in [3.05, 3.63) is 60.1 Å². The van der Waals surface area contributed by atoms with Crippen LogP contribution in [-0.4, -0.2) is 46.9 Å². The van der Waals surface area contributed by atoms with Crippen LogP contribution in [0.25, 0.3) is 10.1 Å². The van der Waals surface area contributed by atoms with Crippen LogP contribution in [0.2, 0.25) is 0 Å². The number of amides is 1. The molecule has 0 unspecified atom stereocenters. The molecule has 3 heterocycles. The van der Waals surface area contributed by atoms with E-state index in [0.29, 0.717) is 37.1 Å². The molecule has 0 aliphatic carbocycles. The summed E-state index contributed by atoms with van der Waals surface area (Å²) in [6, 6.07) is 3.98. The first-order valence-electron chi connectivity index (χ1n) is 9.35. The monoisotopic (exact) mass is 484 g/mol. The van der Waals surface area contributed by atoms with Gasteiger partial charge in [0.15, 0.2) is 5.13 Å². The molecule has 0 bridgehead atoms. The lowest BCUT2D eigenvalue weighted by atomic mass is 10.0. The van der Waals surface area contributed by atoms with Crippen molar-refractivity contribution in [2.75, 3.05) is 31.1 Å². The van der Waals surface area contributed by atoms with Gasteiger partial charge in [-0.05, 0) is 23.9 Å². The van der Waals surface area contributed by atoms with Crippen molar-refractivity contribution in [3.8, 4) is 0 Å². The van der Waals surface area contributed by atoms with E-state index in [1.165, 1.54) is 11.3 Å². The highest BCUT2D eigenvalue weighted by molar-refractivity contribution is 7.22. The summed E-state index contributed by atoms with van der Waals surface area (Å²) in [7, 11) is 0. The van der Waals surface area contributed by atoms with Crippen molar-refractivity contribution in [1.29, 1.82) is 0 Å². The van der Waals surface area contributed by atoms with E-state index < -0.39 is 33.3 Å². The quantitative estimate of drug-likeness (QED) is 0.413. The fraction of sp³-hybridized carbons (Fsp3) is 0.316. The summed E-state index contributed by atoms with van der Waals surface area (Å²) in [6.45, 7) is 2.48. The van der Waals surface area contributed by atoms with E-state index in [1.807, 2.05) is 0 Å². The molecular weight excluding hydrogens is 469 g/mol. The van der Waals surface area contributed by atoms with Crippen LogP contribution < -0.4 is 10.5 Å². The second kappa shape index (κ2) is 8.13. The molecule has 4 rings (SSSR count). The van der Waals surface area contributed by atoms with Crippen LogP contribution >= 0.6 is 22.7 Å². The Morgan fingerprint density at radius 1 is 1.25 bits per heavy atom. The number of nitrogens with zero attached hydrogens (tertiary/aromatic N) is 4. The average molecular weight is 484 g/mol. The van der Waals surface area contributed by atoms with Crippen molar-refractivity contribution < 1.29 is 22.9 Å². The number of nitro groups is 1. The predicted molar refractivity (Wildman–Crippen MR) is 115 cm³/mol. The molecular formula is C19H15F3N4O4S2. The SMILES string of the molecule is Cc1c(C(F)(F)F)cc([N+](=O)[O-])c2sc(N3CCN(C(=O)c4cccs4)CC3)nc(=O)c12. The molecule has 1 aliphatic rings. The van der Waals surface area contributed by atoms with E-state index in [1.54, 1.807) is 27.3 Å². The Morgan fingerprint density at radius 2 is 1.94 bits per heavy atom. The third kappa shape index (κ3) is 3.93. The fourth-order valence-electron chi connectivity index (χ4n) is 3.58. The first-order chi connectivity index (χ1) is 15.1. The maximum atomic E-state index is 13.3. The minimum Gasteiger partial charge on any atom is -0.344 e. The topological polar surface area (TPSA) is 96.7 Å². The first kappa shape index (κ1) is 22.1. The number of halogens is 3. The van der Waals surface area contributed by atoms with Crippen molar-refractivity contribution in [2.45, 2.75) is 13.1 Å². The van der Waals surface area contributed by atoms with Gasteiger partial charge in [-0.15, -0.1) is 11.3 Å². The number of carbonyl (C=O) groups excluding carboxylic acids is 1. The minimum absolute atomic E-state index is 0.106. The maximum absolute atomic E-state index is 13.3. The van der Waals surface area contributed by atoms with E-state index in [2.05, 4.69) is 4.98 Å². The van der Waals surface area contributed by atoms with Gasteiger partial charge in [-0.3, -0.25) is 19.7 Å². The molecule has 1 saturated heterocycles. The zero-order chi connectivity index (χ0) is 23.2. The van der Waals surface area contributed by atoms with Gasteiger partial charge in [0.1, 0.15) is 4.70 Å². The second-order valence-corrected chi connectivity index (χ2v) is 9.01. The molecule has 1 amide bonds. The van der Waals surface area contributed by atoms with E-state index >= 15 is 0 Å². The number of carbonyl (C=O) groups is 1. The summed E-state index contributed by atoms with van der Waals surface area (Å²) >= 11 is 2.14. The molecule has 0 atom stereocenters. The normalized spacial score (nSPS) is 14.8. The van der Waals surface area contributed by atoms with Gasteiger partial charge in [0.25, 0.3) is 17.2 Å². The standard InChI is InChI=1S/C19H15F3N4O4S2/c1-10-11(19(20,21)22)9-12(26(29)30)15-14(10)16(27)23-18(32-15)25-6-4-24(5-7-25)17(28)13-3-2-8-31-13/h2-3,8-9H,4-7H2,1H3. The molecule has 1 fully saturated rings. The summed E-state index contributed by atoms with van der Waals surface area (Å²) < 4.78 is 39.9. The maximum Gasteiger partial charge on any atom is 0.416 e. The van der Waals surface area contributed by atoms with E-state index in [4.69, 9.17) is 0 Å². The molecule has 8 nitrogen and oxygen atoms in total.